The summed E-state index contributed by atoms with van der Waals surface area (Å²) >= 11 is 1.37. The van der Waals surface area contributed by atoms with Crippen LogP contribution in [0.5, 0.6) is 0 Å². The summed E-state index contributed by atoms with van der Waals surface area (Å²) in [5.41, 5.74) is 0.870. The number of amides is 2. The molecule has 7 nitrogen and oxygen atoms in total. The third kappa shape index (κ3) is 6.80. The monoisotopic (exact) mass is 391 g/mol. The molecular formula is C19H29N5O2S. The van der Waals surface area contributed by atoms with Crippen LogP contribution in [-0.4, -0.2) is 64.8 Å². The molecule has 0 saturated heterocycles. The number of nitrogens with zero attached hydrogens (tertiary/aromatic N) is 3. The van der Waals surface area contributed by atoms with Gasteiger partial charge in [0, 0.05) is 19.3 Å². The molecule has 2 aromatic rings. The van der Waals surface area contributed by atoms with Gasteiger partial charge in [0.05, 0.1) is 23.4 Å². The van der Waals surface area contributed by atoms with E-state index in [2.05, 4.69) is 29.1 Å². The van der Waals surface area contributed by atoms with E-state index < -0.39 is 6.04 Å². The summed E-state index contributed by atoms with van der Waals surface area (Å²) in [7, 11) is 3.95. The zero-order valence-electron chi connectivity index (χ0n) is 16.4. The van der Waals surface area contributed by atoms with E-state index in [1.54, 1.807) is 23.5 Å². The first-order valence-corrected chi connectivity index (χ1v) is 10.00. The van der Waals surface area contributed by atoms with Gasteiger partial charge in [-0.15, -0.1) is 11.3 Å². The lowest BCUT2D eigenvalue weighted by Gasteiger charge is -2.29. The van der Waals surface area contributed by atoms with E-state index in [1.165, 1.54) is 11.3 Å². The Morgan fingerprint density at radius 2 is 2.07 bits per heavy atom. The van der Waals surface area contributed by atoms with Crippen LogP contribution < -0.4 is 5.32 Å². The predicted molar refractivity (Wildman–Crippen MR) is 108 cm³/mol. The van der Waals surface area contributed by atoms with Gasteiger partial charge in [0.15, 0.2) is 0 Å². The van der Waals surface area contributed by atoms with Crippen LogP contribution in [0.1, 0.15) is 35.6 Å². The number of carbonyl (C=O) groups is 2. The number of H-pyrrole nitrogens is 1. The SMILES string of the molecule is CC(C)CC(NC(=O)c1cccs1)C(=O)N(CCN(C)C)Cc1cnc[nH]1. The molecule has 2 N–H and O–H groups in total. The summed E-state index contributed by atoms with van der Waals surface area (Å²) in [6, 6.07) is 3.05. The van der Waals surface area contributed by atoms with Crippen LogP contribution in [0.2, 0.25) is 0 Å². The maximum Gasteiger partial charge on any atom is 0.261 e. The van der Waals surface area contributed by atoms with Crippen LogP contribution in [-0.2, 0) is 11.3 Å². The van der Waals surface area contributed by atoms with Crippen molar-refractivity contribution in [1.29, 1.82) is 0 Å². The minimum Gasteiger partial charge on any atom is -0.347 e. The molecule has 0 aliphatic rings. The van der Waals surface area contributed by atoms with Gasteiger partial charge in [0.1, 0.15) is 6.04 Å². The highest BCUT2D eigenvalue weighted by Crippen LogP contribution is 2.13. The standard InChI is InChI=1S/C19H29N5O2S/c1-14(2)10-16(22-18(25)17-6-5-9-27-17)19(26)24(8-7-23(3)4)12-15-11-20-13-21-15/h5-6,9,11,13-14,16H,7-8,10,12H2,1-4H3,(H,20,21)(H,22,25). The van der Waals surface area contributed by atoms with Crippen LogP contribution >= 0.6 is 11.3 Å². The number of aromatic amines is 1. The number of thiophene rings is 1. The fourth-order valence-corrected chi connectivity index (χ4v) is 3.34. The molecule has 2 heterocycles. The van der Waals surface area contributed by atoms with Crippen molar-refractivity contribution in [3.8, 4) is 0 Å². The molecule has 0 aromatic carbocycles. The van der Waals surface area contributed by atoms with Gasteiger partial charge in [-0.05, 0) is 37.9 Å². The molecule has 0 spiro atoms. The van der Waals surface area contributed by atoms with E-state index >= 15 is 0 Å². The summed E-state index contributed by atoms with van der Waals surface area (Å²) in [6.45, 7) is 5.87. The Bertz CT molecular complexity index is 698. The van der Waals surface area contributed by atoms with Crippen LogP contribution in [0.4, 0.5) is 0 Å². The third-order valence-corrected chi connectivity index (χ3v) is 4.97. The molecule has 148 valence electrons. The Morgan fingerprint density at radius 3 is 2.63 bits per heavy atom. The van der Waals surface area contributed by atoms with E-state index in [0.29, 0.717) is 24.4 Å². The van der Waals surface area contributed by atoms with Gasteiger partial charge in [0.2, 0.25) is 5.91 Å². The van der Waals surface area contributed by atoms with E-state index in [4.69, 9.17) is 0 Å². The summed E-state index contributed by atoms with van der Waals surface area (Å²) in [5.74, 6) is 0.0218. The number of aromatic nitrogens is 2. The number of rotatable bonds is 10. The number of hydrogen-bond donors (Lipinski definition) is 2. The van der Waals surface area contributed by atoms with Crippen molar-refractivity contribution in [3.05, 3.63) is 40.6 Å². The van der Waals surface area contributed by atoms with Gasteiger partial charge < -0.3 is 20.1 Å². The average Bonchev–Trinajstić information content (AvgIpc) is 3.30. The Morgan fingerprint density at radius 1 is 1.30 bits per heavy atom. The molecule has 2 rings (SSSR count). The van der Waals surface area contributed by atoms with Crippen molar-refractivity contribution in [3.63, 3.8) is 0 Å². The van der Waals surface area contributed by atoms with E-state index in [0.717, 1.165) is 12.2 Å². The molecule has 0 bridgehead atoms. The van der Waals surface area contributed by atoms with E-state index in [1.807, 2.05) is 30.4 Å². The molecule has 1 atom stereocenters. The maximum atomic E-state index is 13.3. The van der Waals surface area contributed by atoms with Crippen LogP contribution in [0.3, 0.4) is 0 Å². The Hall–Kier alpha value is -2.19. The molecule has 8 heteroatoms. The molecule has 0 radical (unpaired) electrons. The van der Waals surface area contributed by atoms with Gasteiger partial charge in [-0.25, -0.2) is 4.98 Å². The molecule has 0 saturated carbocycles. The molecular weight excluding hydrogens is 362 g/mol. The van der Waals surface area contributed by atoms with Crippen LogP contribution in [0.15, 0.2) is 30.0 Å². The lowest BCUT2D eigenvalue weighted by molar-refractivity contribution is -0.134. The second-order valence-corrected chi connectivity index (χ2v) is 8.22. The molecule has 0 aliphatic heterocycles. The number of carbonyl (C=O) groups excluding carboxylic acids is 2. The molecule has 0 aliphatic carbocycles. The molecule has 27 heavy (non-hydrogen) atoms. The number of hydrogen-bond acceptors (Lipinski definition) is 5. The first-order valence-electron chi connectivity index (χ1n) is 9.12. The molecule has 1 unspecified atom stereocenters. The molecule has 2 amide bonds. The number of imidazole rings is 1. The molecule has 0 fully saturated rings. The minimum absolute atomic E-state index is 0.0648. The van der Waals surface area contributed by atoms with Gasteiger partial charge in [-0.2, -0.15) is 0 Å². The molecule has 2 aromatic heterocycles. The smallest absolute Gasteiger partial charge is 0.261 e. The Labute approximate surface area is 164 Å². The second kappa shape index (κ2) is 10.2. The zero-order chi connectivity index (χ0) is 19.8. The maximum absolute atomic E-state index is 13.3. The highest BCUT2D eigenvalue weighted by molar-refractivity contribution is 7.12. The van der Waals surface area contributed by atoms with Crippen LogP contribution in [0, 0.1) is 5.92 Å². The van der Waals surface area contributed by atoms with Crippen molar-refractivity contribution >= 4 is 23.2 Å². The fraction of sp³-hybridized carbons (Fsp3) is 0.526. The highest BCUT2D eigenvalue weighted by Gasteiger charge is 2.27. The van der Waals surface area contributed by atoms with Crippen molar-refractivity contribution in [1.82, 2.24) is 25.1 Å². The number of nitrogens with one attached hydrogen (secondary N) is 2. The van der Waals surface area contributed by atoms with Crippen molar-refractivity contribution < 1.29 is 9.59 Å². The van der Waals surface area contributed by atoms with Gasteiger partial charge in [-0.1, -0.05) is 19.9 Å². The Kier molecular flexibility index (Phi) is 7.99. The topological polar surface area (TPSA) is 81.3 Å². The van der Waals surface area contributed by atoms with Crippen molar-refractivity contribution in [2.24, 2.45) is 5.92 Å². The quantitative estimate of drug-likeness (QED) is 0.651. The van der Waals surface area contributed by atoms with E-state index in [-0.39, 0.29) is 17.7 Å². The lowest BCUT2D eigenvalue weighted by atomic mass is 10.0. The fourth-order valence-electron chi connectivity index (χ4n) is 2.72. The summed E-state index contributed by atoms with van der Waals surface area (Å²) in [4.78, 5) is 37.3. The average molecular weight is 392 g/mol. The normalized spacial score (nSPS) is 12.4. The predicted octanol–water partition coefficient (Wildman–Crippen LogP) is 2.21. The largest absolute Gasteiger partial charge is 0.347 e. The summed E-state index contributed by atoms with van der Waals surface area (Å²) < 4.78 is 0. The van der Waals surface area contributed by atoms with Crippen LogP contribution in [0.25, 0.3) is 0 Å². The van der Waals surface area contributed by atoms with Crippen molar-refractivity contribution in [2.75, 3.05) is 27.2 Å². The van der Waals surface area contributed by atoms with Crippen molar-refractivity contribution in [2.45, 2.75) is 32.9 Å². The van der Waals surface area contributed by atoms with Gasteiger partial charge in [0.25, 0.3) is 5.91 Å². The summed E-state index contributed by atoms with van der Waals surface area (Å²) in [6.07, 6.45) is 3.92. The van der Waals surface area contributed by atoms with E-state index in [9.17, 15) is 9.59 Å². The first-order chi connectivity index (χ1) is 12.9. The highest BCUT2D eigenvalue weighted by atomic mass is 32.1. The lowest BCUT2D eigenvalue weighted by Crippen LogP contribution is -2.50. The third-order valence-electron chi connectivity index (χ3n) is 4.10. The summed E-state index contributed by atoms with van der Waals surface area (Å²) in [5, 5.41) is 4.80. The first kappa shape index (κ1) is 21.1. The minimum atomic E-state index is -0.551. The number of likely N-dealkylation sites (N-methyl/N-ethyl adjacent to an activating group) is 1. The Balaban J connectivity index is 2.14. The van der Waals surface area contributed by atoms with Gasteiger partial charge >= 0.3 is 0 Å². The van der Waals surface area contributed by atoms with Gasteiger partial charge in [-0.3, -0.25) is 9.59 Å². The second-order valence-electron chi connectivity index (χ2n) is 7.27. The zero-order valence-corrected chi connectivity index (χ0v) is 17.3.